The Bertz CT molecular complexity index is 342. The molecule has 1 aliphatic rings. The molecule has 0 N–H and O–H groups in total. The average molecular weight is 171 g/mol. The first-order valence-corrected chi connectivity index (χ1v) is 4.55. The molecule has 2 rings (SSSR count). The van der Waals surface area contributed by atoms with E-state index in [-0.39, 0.29) is 0 Å². The quantitative estimate of drug-likeness (QED) is 0.632. The van der Waals surface area contributed by atoms with Gasteiger partial charge in [-0.3, -0.25) is 4.98 Å². The number of nitrogens with zero attached hydrogens (tertiary/aromatic N) is 1. The first kappa shape index (κ1) is 8.24. The third-order valence-corrected chi connectivity index (χ3v) is 2.50. The maximum Gasteiger partial charge on any atom is 0.0515 e. The zero-order chi connectivity index (χ0) is 9.26. The summed E-state index contributed by atoms with van der Waals surface area (Å²) in [7, 11) is 0. The van der Waals surface area contributed by atoms with E-state index in [0.29, 0.717) is 5.92 Å². The summed E-state index contributed by atoms with van der Waals surface area (Å²) in [6.45, 7) is 4.32. The third kappa shape index (κ3) is 1.42. The Hall–Kier alpha value is -1.37. The highest BCUT2D eigenvalue weighted by Crippen LogP contribution is 2.34. The van der Waals surface area contributed by atoms with Gasteiger partial charge in [0.2, 0.25) is 0 Å². The predicted molar refractivity (Wildman–Crippen MR) is 54.5 cm³/mol. The van der Waals surface area contributed by atoms with Gasteiger partial charge in [-0.1, -0.05) is 29.4 Å². The first-order valence-electron chi connectivity index (χ1n) is 4.55. The summed E-state index contributed by atoms with van der Waals surface area (Å²) in [4.78, 5) is 4.38. The number of rotatable bonds is 1. The number of pyridine rings is 1. The molecule has 0 saturated carbocycles. The van der Waals surface area contributed by atoms with Crippen LogP contribution in [0.2, 0.25) is 0 Å². The van der Waals surface area contributed by atoms with Crippen molar-refractivity contribution in [3.63, 3.8) is 0 Å². The fourth-order valence-corrected chi connectivity index (χ4v) is 1.83. The molecule has 0 unspecified atom stereocenters. The van der Waals surface area contributed by atoms with Crippen LogP contribution in [0.5, 0.6) is 0 Å². The van der Waals surface area contributed by atoms with E-state index < -0.39 is 0 Å². The highest BCUT2D eigenvalue weighted by molar-refractivity contribution is 5.41. The SMILES string of the molecule is CC1=CC=C(C)C1c1ccccn1. The lowest BCUT2D eigenvalue weighted by Gasteiger charge is -2.13. The van der Waals surface area contributed by atoms with Crippen LogP contribution in [0.3, 0.4) is 0 Å². The van der Waals surface area contributed by atoms with Crippen LogP contribution in [0.25, 0.3) is 0 Å². The molecule has 13 heavy (non-hydrogen) atoms. The van der Waals surface area contributed by atoms with E-state index in [1.807, 2.05) is 18.3 Å². The maximum absolute atomic E-state index is 4.38. The summed E-state index contributed by atoms with van der Waals surface area (Å²) in [5.41, 5.74) is 3.93. The van der Waals surface area contributed by atoms with E-state index in [4.69, 9.17) is 0 Å². The van der Waals surface area contributed by atoms with Gasteiger partial charge in [0.05, 0.1) is 5.69 Å². The molecule has 0 saturated heterocycles. The summed E-state index contributed by atoms with van der Waals surface area (Å²) in [5, 5.41) is 0. The molecular formula is C12H13N. The van der Waals surface area contributed by atoms with Gasteiger partial charge in [0.15, 0.2) is 0 Å². The fraction of sp³-hybridized carbons (Fsp3) is 0.250. The lowest BCUT2D eigenvalue weighted by molar-refractivity contribution is 0.892. The molecule has 1 aliphatic carbocycles. The van der Waals surface area contributed by atoms with E-state index in [0.717, 1.165) is 5.69 Å². The van der Waals surface area contributed by atoms with E-state index in [1.54, 1.807) is 0 Å². The molecule has 0 bridgehead atoms. The van der Waals surface area contributed by atoms with Gasteiger partial charge in [0.25, 0.3) is 0 Å². The summed E-state index contributed by atoms with van der Waals surface area (Å²) in [5.74, 6) is 0.418. The number of hydrogen-bond donors (Lipinski definition) is 0. The Labute approximate surface area is 78.8 Å². The molecule has 1 nitrogen and oxygen atoms in total. The van der Waals surface area contributed by atoms with Crippen molar-refractivity contribution >= 4 is 0 Å². The van der Waals surface area contributed by atoms with Gasteiger partial charge in [0, 0.05) is 12.1 Å². The molecule has 0 spiro atoms. The Balaban J connectivity index is 2.38. The molecule has 0 aromatic carbocycles. The molecular weight excluding hydrogens is 158 g/mol. The number of allylic oxidation sites excluding steroid dienone is 4. The monoisotopic (exact) mass is 171 g/mol. The van der Waals surface area contributed by atoms with Crippen LogP contribution in [-0.2, 0) is 0 Å². The van der Waals surface area contributed by atoms with E-state index >= 15 is 0 Å². The Morgan fingerprint density at radius 2 is 1.77 bits per heavy atom. The van der Waals surface area contributed by atoms with Gasteiger partial charge in [-0.15, -0.1) is 0 Å². The number of aromatic nitrogens is 1. The predicted octanol–water partition coefficient (Wildman–Crippen LogP) is 3.07. The van der Waals surface area contributed by atoms with Crippen LogP contribution < -0.4 is 0 Å². The summed E-state index contributed by atoms with van der Waals surface area (Å²) < 4.78 is 0. The van der Waals surface area contributed by atoms with Crippen molar-refractivity contribution in [2.75, 3.05) is 0 Å². The van der Waals surface area contributed by atoms with Gasteiger partial charge in [-0.2, -0.15) is 0 Å². The second kappa shape index (κ2) is 3.17. The van der Waals surface area contributed by atoms with Crippen LogP contribution in [0.1, 0.15) is 25.5 Å². The van der Waals surface area contributed by atoms with Crippen LogP contribution in [0.15, 0.2) is 47.7 Å². The van der Waals surface area contributed by atoms with E-state index in [2.05, 4.69) is 37.0 Å². The average Bonchev–Trinajstić information content (AvgIpc) is 2.48. The van der Waals surface area contributed by atoms with Crippen molar-refractivity contribution in [3.05, 3.63) is 53.4 Å². The summed E-state index contributed by atoms with van der Waals surface area (Å²) in [6.07, 6.45) is 6.21. The maximum atomic E-state index is 4.38. The zero-order valence-electron chi connectivity index (χ0n) is 7.99. The van der Waals surface area contributed by atoms with Crippen LogP contribution in [0, 0.1) is 0 Å². The van der Waals surface area contributed by atoms with E-state index in [1.165, 1.54) is 11.1 Å². The van der Waals surface area contributed by atoms with Crippen molar-refractivity contribution in [3.8, 4) is 0 Å². The van der Waals surface area contributed by atoms with Crippen molar-refractivity contribution in [2.24, 2.45) is 0 Å². The van der Waals surface area contributed by atoms with Crippen molar-refractivity contribution in [1.29, 1.82) is 0 Å². The molecule has 0 amide bonds. The lowest BCUT2D eigenvalue weighted by Crippen LogP contribution is -2.00. The fourth-order valence-electron chi connectivity index (χ4n) is 1.83. The minimum Gasteiger partial charge on any atom is -0.260 e. The van der Waals surface area contributed by atoms with Gasteiger partial charge in [0.1, 0.15) is 0 Å². The van der Waals surface area contributed by atoms with Crippen molar-refractivity contribution < 1.29 is 0 Å². The molecule has 0 fully saturated rings. The molecule has 1 heteroatoms. The lowest BCUT2D eigenvalue weighted by atomic mass is 9.94. The molecule has 0 aliphatic heterocycles. The minimum absolute atomic E-state index is 0.418. The van der Waals surface area contributed by atoms with Crippen LogP contribution in [-0.4, -0.2) is 4.98 Å². The third-order valence-electron chi connectivity index (χ3n) is 2.50. The van der Waals surface area contributed by atoms with Gasteiger partial charge < -0.3 is 0 Å². The smallest absolute Gasteiger partial charge is 0.0515 e. The number of hydrogen-bond acceptors (Lipinski definition) is 1. The molecule has 1 aromatic rings. The van der Waals surface area contributed by atoms with Crippen molar-refractivity contribution in [1.82, 2.24) is 4.98 Å². The molecule has 0 atom stereocenters. The van der Waals surface area contributed by atoms with Gasteiger partial charge >= 0.3 is 0 Å². The Kier molecular flexibility index (Phi) is 2.01. The standard InChI is InChI=1S/C12H13N/c1-9-6-7-10(2)12(9)11-5-3-4-8-13-11/h3-8,12H,1-2H3. The normalized spacial score (nSPS) is 17.1. The largest absolute Gasteiger partial charge is 0.260 e. The molecule has 0 radical (unpaired) electrons. The Morgan fingerprint density at radius 1 is 1.08 bits per heavy atom. The van der Waals surface area contributed by atoms with Crippen LogP contribution >= 0.6 is 0 Å². The van der Waals surface area contributed by atoms with E-state index in [9.17, 15) is 0 Å². The molecule has 66 valence electrons. The summed E-state index contributed by atoms with van der Waals surface area (Å²) in [6, 6.07) is 6.09. The molecule has 1 heterocycles. The second-order valence-corrected chi connectivity index (χ2v) is 3.51. The zero-order valence-corrected chi connectivity index (χ0v) is 7.99. The van der Waals surface area contributed by atoms with Crippen LogP contribution in [0.4, 0.5) is 0 Å². The second-order valence-electron chi connectivity index (χ2n) is 3.51. The summed E-state index contributed by atoms with van der Waals surface area (Å²) >= 11 is 0. The highest BCUT2D eigenvalue weighted by atomic mass is 14.7. The van der Waals surface area contributed by atoms with Gasteiger partial charge in [-0.25, -0.2) is 0 Å². The highest BCUT2D eigenvalue weighted by Gasteiger charge is 2.19. The first-order chi connectivity index (χ1) is 6.29. The van der Waals surface area contributed by atoms with Crippen molar-refractivity contribution in [2.45, 2.75) is 19.8 Å². The minimum atomic E-state index is 0.418. The molecule has 1 aromatic heterocycles. The van der Waals surface area contributed by atoms with Gasteiger partial charge in [-0.05, 0) is 26.0 Å². The Morgan fingerprint density at radius 3 is 2.31 bits per heavy atom. The topological polar surface area (TPSA) is 12.9 Å².